The second-order valence-electron chi connectivity index (χ2n) is 5.94. The number of piperidine rings is 1. The van der Waals surface area contributed by atoms with Gasteiger partial charge in [0.05, 0.1) is 5.69 Å². The molecule has 21 heavy (non-hydrogen) atoms. The monoisotopic (exact) mass is 311 g/mol. The van der Waals surface area contributed by atoms with Crippen molar-refractivity contribution < 1.29 is 8.42 Å². The number of sulfonamides is 1. The number of nitrogens with zero attached hydrogens (tertiary/aromatic N) is 2. The van der Waals surface area contributed by atoms with Crippen LogP contribution in [0.4, 0.5) is 5.69 Å². The van der Waals surface area contributed by atoms with Crippen molar-refractivity contribution in [2.75, 3.05) is 32.1 Å². The molecule has 1 aromatic rings. The molecule has 1 aliphatic rings. The van der Waals surface area contributed by atoms with E-state index >= 15 is 0 Å². The van der Waals surface area contributed by atoms with Crippen LogP contribution in [0.3, 0.4) is 0 Å². The standard InChI is InChI=1S/C15H25N3O2S/c1-12-8-9-13(10-16)11-18(12)14-6-4-5-7-15(14)21(19,20)17(2)3/h4-7,12-13H,8-11,16H2,1-3H3. The fourth-order valence-corrected chi connectivity index (χ4v) is 3.91. The second kappa shape index (κ2) is 6.34. The normalized spacial score (nSPS) is 23.6. The summed E-state index contributed by atoms with van der Waals surface area (Å²) in [5.74, 6) is 0.427. The zero-order chi connectivity index (χ0) is 15.6. The van der Waals surface area contributed by atoms with Crippen LogP contribution in [0.5, 0.6) is 0 Å². The third-order valence-electron chi connectivity index (χ3n) is 4.25. The van der Waals surface area contributed by atoms with E-state index in [1.807, 2.05) is 12.1 Å². The Morgan fingerprint density at radius 3 is 2.57 bits per heavy atom. The van der Waals surface area contributed by atoms with Gasteiger partial charge in [0.2, 0.25) is 10.0 Å². The largest absolute Gasteiger partial charge is 0.367 e. The van der Waals surface area contributed by atoms with Crippen LogP contribution in [-0.4, -0.2) is 45.9 Å². The van der Waals surface area contributed by atoms with Crippen LogP contribution >= 0.6 is 0 Å². The van der Waals surface area contributed by atoms with Crippen molar-refractivity contribution in [2.24, 2.45) is 11.7 Å². The van der Waals surface area contributed by atoms with Crippen molar-refractivity contribution >= 4 is 15.7 Å². The Morgan fingerprint density at radius 2 is 1.95 bits per heavy atom. The van der Waals surface area contributed by atoms with Crippen LogP contribution in [-0.2, 0) is 10.0 Å². The van der Waals surface area contributed by atoms with Crippen molar-refractivity contribution in [1.29, 1.82) is 0 Å². The van der Waals surface area contributed by atoms with Crippen molar-refractivity contribution in [3.05, 3.63) is 24.3 Å². The maximum absolute atomic E-state index is 12.5. The number of nitrogens with two attached hydrogens (primary N) is 1. The van der Waals surface area contributed by atoms with E-state index in [2.05, 4.69) is 11.8 Å². The molecule has 118 valence electrons. The summed E-state index contributed by atoms with van der Waals surface area (Å²) < 4.78 is 26.3. The summed E-state index contributed by atoms with van der Waals surface area (Å²) in [5.41, 5.74) is 6.60. The van der Waals surface area contributed by atoms with Crippen molar-refractivity contribution in [2.45, 2.75) is 30.7 Å². The van der Waals surface area contributed by atoms with E-state index in [9.17, 15) is 8.42 Å². The van der Waals surface area contributed by atoms with Crippen molar-refractivity contribution in [3.8, 4) is 0 Å². The average Bonchev–Trinajstić information content (AvgIpc) is 2.47. The summed E-state index contributed by atoms with van der Waals surface area (Å²) in [6, 6.07) is 7.57. The van der Waals surface area contributed by atoms with Gasteiger partial charge in [0.25, 0.3) is 0 Å². The molecule has 2 atom stereocenters. The summed E-state index contributed by atoms with van der Waals surface area (Å²) in [4.78, 5) is 2.57. The molecule has 0 amide bonds. The van der Waals surface area contributed by atoms with Crippen LogP contribution in [0.1, 0.15) is 19.8 Å². The van der Waals surface area contributed by atoms with E-state index in [1.165, 1.54) is 4.31 Å². The van der Waals surface area contributed by atoms with E-state index in [0.717, 1.165) is 25.1 Å². The van der Waals surface area contributed by atoms with Gasteiger partial charge in [0.1, 0.15) is 4.90 Å². The fourth-order valence-electron chi connectivity index (χ4n) is 2.82. The fraction of sp³-hybridized carbons (Fsp3) is 0.600. The first-order chi connectivity index (χ1) is 9.87. The second-order valence-corrected chi connectivity index (χ2v) is 8.06. The molecule has 1 aliphatic heterocycles. The first kappa shape index (κ1) is 16.3. The summed E-state index contributed by atoms with van der Waals surface area (Å²) in [7, 11) is -0.316. The molecule has 0 bridgehead atoms. The molecule has 2 rings (SSSR count). The van der Waals surface area contributed by atoms with Gasteiger partial charge in [0, 0.05) is 26.7 Å². The van der Waals surface area contributed by atoms with Gasteiger partial charge in [-0.3, -0.25) is 0 Å². The minimum Gasteiger partial charge on any atom is -0.367 e. The van der Waals surface area contributed by atoms with Gasteiger partial charge in [-0.2, -0.15) is 0 Å². The van der Waals surface area contributed by atoms with Gasteiger partial charge in [-0.15, -0.1) is 0 Å². The Labute approximate surface area is 127 Å². The van der Waals surface area contributed by atoms with E-state index in [-0.39, 0.29) is 0 Å². The number of hydrogen-bond acceptors (Lipinski definition) is 4. The predicted molar refractivity (Wildman–Crippen MR) is 85.9 cm³/mol. The van der Waals surface area contributed by atoms with Crippen LogP contribution in [0.15, 0.2) is 29.2 Å². The summed E-state index contributed by atoms with van der Waals surface area (Å²) in [5, 5.41) is 0. The zero-order valence-electron chi connectivity index (χ0n) is 13.0. The van der Waals surface area contributed by atoms with Crippen molar-refractivity contribution in [3.63, 3.8) is 0 Å². The lowest BCUT2D eigenvalue weighted by Crippen LogP contribution is -2.44. The average molecular weight is 311 g/mol. The Balaban J connectivity index is 2.44. The lowest BCUT2D eigenvalue weighted by molar-refractivity contribution is 0.372. The number of benzene rings is 1. The quantitative estimate of drug-likeness (QED) is 0.915. The predicted octanol–water partition coefficient (Wildman–Crippen LogP) is 1.50. The highest BCUT2D eigenvalue weighted by Gasteiger charge is 2.30. The molecule has 0 aliphatic carbocycles. The maximum atomic E-state index is 12.5. The Kier molecular flexibility index (Phi) is 4.91. The van der Waals surface area contributed by atoms with Crippen LogP contribution in [0.2, 0.25) is 0 Å². The van der Waals surface area contributed by atoms with Gasteiger partial charge in [0.15, 0.2) is 0 Å². The molecule has 0 saturated carbocycles. The third kappa shape index (κ3) is 3.22. The number of para-hydroxylation sites is 1. The lowest BCUT2D eigenvalue weighted by atomic mass is 9.93. The highest BCUT2D eigenvalue weighted by molar-refractivity contribution is 7.89. The van der Waals surface area contributed by atoms with E-state index in [0.29, 0.717) is 23.4 Å². The molecular formula is C15H25N3O2S. The first-order valence-electron chi connectivity index (χ1n) is 7.36. The maximum Gasteiger partial charge on any atom is 0.244 e. The van der Waals surface area contributed by atoms with Crippen LogP contribution in [0, 0.1) is 5.92 Å². The molecule has 6 heteroatoms. The van der Waals surface area contributed by atoms with Gasteiger partial charge in [-0.25, -0.2) is 12.7 Å². The summed E-state index contributed by atoms with van der Waals surface area (Å²) in [6.45, 7) is 3.61. The summed E-state index contributed by atoms with van der Waals surface area (Å²) in [6.07, 6.45) is 2.15. The highest BCUT2D eigenvalue weighted by atomic mass is 32.2. The molecule has 0 radical (unpaired) electrons. The van der Waals surface area contributed by atoms with Crippen molar-refractivity contribution in [1.82, 2.24) is 4.31 Å². The molecule has 2 unspecified atom stereocenters. The van der Waals surface area contributed by atoms with E-state index in [4.69, 9.17) is 5.73 Å². The minimum absolute atomic E-state index is 0.325. The zero-order valence-corrected chi connectivity index (χ0v) is 13.8. The number of rotatable bonds is 4. The van der Waals surface area contributed by atoms with Crippen LogP contribution < -0.4 is 10.6 Å². The first-order valence-corrected chi connectivity index (χ1v) is 8.80. The SMILES string of the molecule is CC1CCC(CN)CN1c1ccccc1S(=O)(=O)N(C)C. The lowest BCUT2D eigenvalue weighted by Gasteiger charge is -2.40. The minimum atomic E-state index is -3.44. The molecule has 0 spiro atoms. The van der Waals surface area contributed by atoms with Crippen LogP contribution in [0.25, 0.3) is 0 Å². The molecule has 1 saturated heterocycles. The smallest absolute Gasteiger partial charge is 0.244 e. The number of hydrogen-bond donors (Lipinski definition) is 1. The Bertz CT molecular complexity index is 586. The van der Waals surface area contributed by atoms with Gasteiger partial charge in [-0.1, -0.05) is 12.1 Å². The molecule has 1 aromatic carbocycles. The molecule has 1 heterocycles. The molecule has 0 aromatic heterocycles. The molecule has 5 nitrogen and oxygen atoms in total. The van der Waals surface area contributed by atoms with E-state index < -0.39 is 10.0 Å². The number of anilines is 1. The van der Waals surface area contributed by atoms with Gasteiger partial charge < -0.3 is 10.6 Å². The topological polar surface area (TPSA) is 66.6 Å². The highest BCUT2D eigenvalue weighted by Crippen LogP contribution is 2.33. The van der Waals surface area contributed by atoms with Gasteiger partial charge >= 0.3 is 0 Å². The van der Waals surface area contributed by atoms with E-state index in [1.54, 1.807) is 26.2 Å². The molecular weight excluding hydrogens is 286 g/mol. The van der Waals surface area contributed by atoms with Gasteiger partial charge in [-0.05, 0) is 44.4 Å². The molecule has 2 N–H and O–H groups in total. The third-order valence-corrected chi connectivity index (χ3v) is 6.11. The Hall–Kier alpha value is -1.11. The summed E-state index contributed by atoms with van der Waals surface area (Å²) >= 11 is 0. The Morgan fingerprint density at radius 1 is 1.29 bits per heavy atom. The molecule has 1 fully saturated rings.